The standard InChI is InChI=1S/C20H17ClN2OS/c1-11(9-22)12-2-4-13(5-3-12)18-16(24)8-15(21)20-19(18)14-6-7-25-17(14)10-23-20/h2-8,10-11,24H,9,22H2,1H3/t11-/m0/s1. The van der Waals surface area contributed by atoms with Crippen LogP contribution in [0.5, 0.6) is 5.75 Å². The number of rotatable bonds is 3. The molecule has 0 amide bonds. The third-order valence-corrected chi connectivity index (χ3v) is 5.77. The van der Waals surface area contributed by atoms with Crippen molar-refractivity contribution in [2.24, 2.45) is 5.73 Å². The molecule has 5 heteroatoms. The highest BCUT2D eigenvalue weighted by molar-refractivity contribution is 7.17. The summed E-state index contributed by atoms with van der Waals surface area (Å²) in [5.74, 6) is 0.465. The fraction of sp³-hybridized carbons (Fsp3) is 0.150. The van der Waals surface area contributed by atoms with E-state index < -0.39 is 0 Å². The maximum absolute atomic E-state index is 10.6. The number of aromatic nitrogens is 1. The molecule has 0 fully saturated rings. The summed E-state index contributed by atoms with van der Waals surface area (Å²) < 4.78 is 1.07. The Kier molecular flexibility index (Phi) is 4.12. The Morgan fingerprint density at radius 2 is 2.00 bits per heavy atom. The molecule has 3 nitrogen and oxygen atoms in total. The van der Waals surface area contributed by atoms with Gasteiger partial charge in [0.05, 0.1) is 15.2 Å². The van der Waals surface area contributed by atoms with Gasteiger partial charge in [0.1, 0.15) is 5.75 Å². The number of hydrogen-bond acceptors (Lipinski definition) is 4. The van der Waals surface area contributed by atoms with Crippen molar-refractivity contribution >= 4 is 43.9 Å². The molecule has 0 radical (unpaired) electrons. The van der Waals surface area contributed by atoms with Crippen molar-refractivity contribution in [3.63, 3.8) is 0 Å². The normalized spacial score (nSPS) is 12.8. The highest BCUT2D eigenvalue weighted by Gasteiger charge is 2.17. The molecule has 0 aliphatic heterocycles. The molecule has 2 aromatic carbocycles. The average Bonchev–Trinajstić information content (AvgIpc) is 3.10. The predicted octanol–water partition coefficient (Wildman–Crippen LogP) is 5.54. The molecule has 2 aromatic heterocycles. The first-order chi connectivity index (χ1) is 12.1. The first-order valence-corrected chi connectivity index (χ1v) is 9.33. The van der Waals surface area contributed by atoms with E-state index in [0.717, 1.165) is 26.6 Å². The minimum absolute atomic E-state index is 0.164. The molecule has 126 valence electrons. The molecule has 0 unspecified atom stereocenters. The van der Waals surface area contributed by atoms with Crippen LogP contribution in [0.3, 0.4) is 0 Å². The lowest BCUT2D eigenvalue weighted by Crippen LogP contribution is -2.08. The Morgan fingerprint density at radius 3 is 2.72 bits per heavy atom. The number of benzene rings is 2. The first-order valence-electron chi connectivity index (χ1n) is 8.08. The fourth-order valence-electron chi connectivity index (χ4n) is 3.17. The van der Waals surface area contributed by atoms with Crippen LogP contribution in [0.4, 0.5) is 0 Å². The Balaban J connectivity index is 2.02. The van der Waals surface area contributed by atoms with Crippen LogP contribution < -0.4 is 5.73 Å². The van der Waals surface area contributed by atoms with Gasteiger partial charge in [-0.2, -0.15) is 0 Å². The Morgan fingerprint density at radius 1 is 1.24 bits per heavy atom. The van der Waals surface area contributed by atoms with Crippen molar-refractivity contribution in [3.8, 4) is 16.9 Å². The van der Waals surface area contributed by atoms with E-state index in [1.54, 1.807) is 17.4 Å². The van der Waals surface area contributed by atoms with Crippen LogP contribution in [0, 0.1) is 0 Å². The van der Waals surface area contributed by atoms with E-state index in [4.69, 9.17) is 17.3 Å². The van der Waals surface area contributed by atoms with Gasteiger partial charge in [-0.25, -0.2) is 0 Å². The van der Waals surface area contributed by atoms with Crippen molar-refractivity contribution in [2.45, 2.75) is 12.8 Å². The zero-order valence-corrected chi connectivity index (χ0v) is 15.2. The van der Waals surface area contributed by atoms with E-state index in [0.29, 0.717) is 23.0 Å². The van der Waals surface area contributed by atoms with Gasteiger partial charge in [0.15, 0.2) is 0 Å². The van der Waals surface area contributed by atoms with Gasteiger partial charge in [0.25, 0.3) is 0 Å². The smallest absolute Gasteiger partial charge is 0.125 e. The van der Waals surface area contributed by atoms with Crippen LogP contribution in [0.1, 0.15) is 18.4 Å². The van der Waals surface area contributed by atoms with E-state index in [1.165, 1.54) is 5.56 Å². The predicted molar refractivity (Wildman–Crippen MR) is 107 cm³/mol. The molecule has 0 saturated carbocycles. The molecular weight excluding hydrogens is 352 g/mol. The molecule has 4 rings (SSSR count). The van der Waals surface area contributed by atoms with Gasteiger partial charge in [-0.05, 0) is 35.0 Å². The number of halogens is 1. The second-order valence-corrected chi connectivity index (χ2v) is 7.55. The molecule has 4 aromatic rings. The minimum atomic E-state index is 0.164. The minimum Gasteiger partial charge on any atom is -0.507 e. The summed E-state index contributed by atoms with van der Waals surface area (Å²) in [5.41, 5.74) is 9.35. The van der Waals surface area contributed by atoms with Crippen LogP contribution in [0.15, 0.2) is 48.0 Å². The maximum atomic E-state index is 10.6. The Labute approximate surface area is 154 Å². The average molecular weight is 369 g/mol. The van der Waals surface area contributed by atoms with E-state index in [2.05, 4.69) is 24.0 Å². The third kappa shape index (κ3) is 2.67. The number of phenols is 1. The number of pyridine rings is 1. The molecule has 0 aliphatic carbocycles. The summed E-state index contributed by atoms with van der Waals surface area (Å²) >= 11 is 7.97. The number of thiophene rings is 1. The molecule has 0 spiro atoms. The summed E-state index contributed by atoms with van der Waals surface area (Å²) in [6, 6.07) is 11.8. The molecule has 0 bridgehead atoms. The van der Waals surface area contributed by atoms with Crippen molar-refractivity contribution < 1.29 is 5.11 Å². The molecule has 1 atom stereocenters. The lowest BCUT2D eigenvalue weighted by Gasteiger charge is -2.14. The summed E-state index contributed by atoms with van der Waals surface area (Å²) in [4.78, 5) is 4.52. The second kappa shape index (κ2) is 6.30. The highest BCUT2D eigenvalue weighted by atomic mass is 35.5. The van der Waals surface area contributed by atoms with Crippen LogP contribution in [-0.4, -0.2) is 16.6 Å². The topological polar surface area (TPSA) is 59.1 Å². The van der Waals surface area contributed by atoms with Crippen LogP contribution >= 0.6 is 22.9 Å². The van der Waals surface area contributed by atoms with Gasteiger partial charge in [0, 0.05) is 28.6 Å². The molecule has 0 saturated heterocycles. The number of nitrogens with two attached hydrogens (primary N) is 1. The van der Waals surface area contributed by atoms with Gasteiger partial charge >= 0.3 is 0 Å². The Bertz CT molecular complexity index is 1070. The van der Waals surface area contributed by atoms with Gasteiger partial charge in [-0.1, -0.05) is 42.8 Å². The Hall–Kier alpha value is -2.14. The van der Waals surface area contributed by atoms with Crippen LogP contribution in [0.25, 0.3) is 32.1 Å². The van der Waals surface area contributed by atoms with E-state index in [9.17, 15) is 5.11 Å². The molecule has 25 heavy (non-hydrogen) atoms. The number of fused-ring (bicyclic) bond motifs is 3. The van der Waals surface area contributed by atoms with Gasteiger partial charge in [-0.15, -0.1) is 11.3 Å². The zero-order chi connectivity index (χ0) is 17.6. The number of hydrogen-bond donors (Lipinski definition) is 2. The summed E-state index contributed by atoms with van der Waals surface area (Å²) in [6.45, 7) is 2.71. The lowest BCUT2D eigenvalue weighted by atomic mass is 9.94. The summed E-state index contributed by atoms with van der Waals surface area (Å²) in [7, 11) is 0. The summed E-state index contributed by atoms with van der Waals surface area (Å²) in [5, 5.41) is 15.1. The summed E-state index contributed by atoms with van der Waals surface area (Å²) in [6.07, 6.45) is 1.83. The molecule has 0 aliphatic rings. The monoisotopic (exact) mass is 368 g/mol. The number of aromatic hydroxyl groups is 1. The molecule has 2 heterocycles. The molecular formula is C20H17ClN2OS. The van der Waals surface area contributed by atoms with Crippen molar-refractivity contribution in [3.05, 3.63) is 58.6 Å². The SMILES string of the molecule is C[C@@H](CN)c1ccc(-c2c(O)cc(Cl)c3ncc4sccc4c23)cc1. The van der Waals surface area contributed by atoms with E-state index >= 15 is 0 Å². The van der Waals surface area contributed by atoms with E-state index in [1.807, 2.05) is 29.8 Å². The highest BCUT2D eigenvalue weighted by Crippen LogP contribution is 2.43. The largest absolute Gasteiger partial charge is 0.507 e. The van der Waals surface area contributed by atoms with Crippen molar-refractivity contribution in [1.29, 1.82) is 0 Å². The van der Waals surface area contributed by atoms with E-state index in [-0.39, 0.29) is 5.75 Å². The maximum Gasteiger partial charge on any atom is 0.125 e. The van der Waals surface area contributed by atoms with Crippen molar-refractivity contribution in [2.75, 3.05) is 6.54 Å². The fourth-order valence-corrected chi connectivity index (χ4v) is 4.18. The molecule has 3 N–H and O–H groups in total. The quantitative estimate of drug-likeness (QED) is 0.499. The van der Waals surface area contributed by atoms with Crippen molar-refractivity contribution in [1.82, 2.24) is 4.98 Å². The van der Waals surface area contributed by atoms with Crippen LogP contribution in [-0.2, 0) is 0 Å². The number of phenolic OH excluding ortho intramolecular Hbond substituents is 1. The second-order valence-electron chi connectivity index (χ2n) is 6.19. The zero-order valence-electron chi connectivity index (χ0n) is 13.7. The number of nitrogens with zero attached hydrogens (tertiary/aromatic N) is 1. The van der Waals surface area contributed by atoms with Crippen LogP contribution in [0.2, 0.25) is 5.02 Å². The third-order valence-electron chi connectivity index (χ3n) is 4.63. The first kappa shape index (κ1) is 16.3. The lowest BCUT2D eigenvalue weighted by molar-refractivity contribution is 0.478. The van der Waals surface area contributed by atoms with Gasteiger partial charge in [-0.3, -0.25) is 4.98 Å². The van der Waals surface area contributed by atoms with Gasteiger partial charge < -0.3 is 10.8 Å². The van der Waals surface area contributed by atoms with Gasteiger partial charge in [0.2, 0.25) is 0 Å².